The Morgan fingerprint density at radius 2 is 1.40 bits per heavy atom. The Balaban J connectivity index is 2.70. The topological polar surface area (TPSA) is 40.5 Å². The molecule has 0 saturated heterocycles. The highest BCUT2D eigenvalue weighted by Gasteiger charge is 2.14. The summed E-state index contributed by atoms with van der Waals surface area (Å²) >= 11 is 0. The summed E-state index contributed by atoms with van der Waals surface area (Å²) in [6.07, 6.45) is 2.74. The summed E-state index contributed by atoms with van der Waals surface area (Å²) in [5, 5.41) is 20.0. The van der Waals surface area contributed by atoms with Crippen LogP contribution in [0, 0.1) is 0 Å². The van der Waals surface area contributed by atoms with E-state index in [0.29, 0.717) is 0 Å². The van der Waals surface area contributed by atoms with E-state index in [1.54, 1.807) is 6.07 Å². The Labute approximate surface area is 120 Å². The molecule has 0 heterocycles. The number of phenolic OH excluding ortho intramolecular Hbond substituents is 2. The fourth-order valence-electron chi connectivity index (χ4n) is 2.55. The molecule has 0 saturated carbocycles. The first-order chi connectivity index (χ1) is 9.60. The maximum atomic E-state index is 10.2. The van der Waals surface area contributed by atoms with E-state index in [1.165, 1.54) is 11.1 Å². The second-order valence-corrected chi connectivity index (χ2v) is 5.07. The van der Waals surface area contributed by atoms with Crippen LogP contribution in [-0.4, -0.2) is 10.2 Å². The molecule has 20 heavy (non-hydrogen) atoms. The van der Waals surface area contributed by atoms with E-state index in [-0.39, 0.29) is 11.5 Å². The second-order valence-electron chi connectivity index (χ2n) is 5.07. The number of hydrogen-bond donors (Lipinski definition) is 2. The van der Waals surface area contributed by atoms with Gasteiger partial charge in [0.25, 0.3) is 0 Å². The zero-order valence-corrected chi connectivity index (χ0v) is 12.4. The Hall–Kier alpha value is -1.96. The SMILES string of the molecule is CCc1cc(CC)cc(-c2c(CC)ccc(O)c2O)c1. The van der Waals surface area contributed by atoms with Crippen molar-refractivity contribution >= 4 is 0 Å². The van der Waals surface area contributed by atoms with E-state index in [2.05, 4.69) is 39.0 Å². The highest BCUT2D eigenvalue weighted by molar-refractivity contribution is 5.77. The van der Waals surface area contributed by atoms with Crippen LogP contribution in [0.25, 0.3) is 11.1 Å². The lowest BCUT2D eigenvalue weighted by molar-refractivity contribution is 0.404. The van der Waals surface area contributed by atoms with Crippen molar-refractivity contribution in [3.05, 3.63) is 47.0 Å². The Morgan fingerprint density at radius 1 is 0.800 bits per heavy atom. The molecule has 0 aliphatic carbocycles. The molecule has 0 amide bonds. The van der Waals surface area contributed by atoms with E-state index in [1.807, 2.05) is 6.07 Å². The molecular formula is C18H22O2. The monoisotopic (exact) mass is 270 g/mol. The lowest BCUT2D eigenvalue weighted by atomic mass is 9.92. The first-order valence-corrected chi connectivity index (χ1v) is 7.27. The number of phenols is 2. The van der Waals surface area contributed by atoms with Gasteiger partial charge in [0.05, 0.1) is 0 Å². The quantitative estimate of drug-likeness (QED) is 0.806. The van der Waals surface area contributed by atoms with Gasteiger partial charge in [0, 0.05) is 5.56 Å². The van der Waals surface area contributed by atoms with Gasteiger partial charge in [-0.15, -0.1) is 0 Å². The van der Waals surface area contributed by atoms with Crippen LogP contribution in [0.1, 0.15) is 37.5 Å². The van der Waals surface area contributed by atoms with Gasteiger partial charge in [-0.25, -0.2) is 0 Å². The number of rotatable bonds is 4. The van der Waals surface area contributed by atoms with Crippen LogP contribution in [0.15, 0.2) is 30.3 Å². The number of benzene rings is 2. The number of aryl methyl sites for hydroxylation is 3. The van der Waals surface area contributed by atoms with Gasteiger partial charge in [0.2, 0.25) is 0 Å². The zero-order chi connectivity index (χ0) is 14.7. The van der Waals surface area contributed by atoms with Crippen LogP contribution in [0.3, 0.4) is 0 Å². The van der Waals surface area contributed by atoms with Gasteiger partial charge in [-0.2, -0.15) is 0 Å². The molecule has 0 aliphatic heterocycles. The van der Waals surface area contributed by atoms with Crippen LogP contribution in [0.5, 0.6) is 11.5 Å². The van der Waals surface area contributed by atoms with Crippen molar-refractivity contribution in [2.45, 2.75) is 40.0 Å². The average molecular weight is 270 g/mol. The van der Waals surface area contributed by atoms with Gasteiger partial charge < -0.3 is 10.2 Å². The molecule has 0 unspecified atom stereocenters. The largest absolute Gasteiger partial charge is 0.504 e. The molecule has 2 rings (SSSR count). The maximum Gasteiger partial charge on any atom is 0.165 e. The fraction of sp³-hybridized carbons (Fsp3) is 0.333. The summed E-state index contributed by atoms with van der Waals surface area (Å²) in [6, 6.07) is 9.85. The minimum absolute atomic E-state index is 0.0142. The summed E-state index contributed by atoms with van der Waals surface area (Å²) in [7, 11) is 0. The van der Waals surface area contributed by atoms with Crippen molar-refractivity contribution in [3.63, 3.8) is 0 Å². The highest BCUT2D eigenvalue weighted by atomic mass is 16.3. The minimum atomic E-state index is -0.0582. The molecule has 0 atom stereocenters. The average Bonchev–Trinajstić information content (AvgIpc) is 2.49. The Morgan fingerprint density at radius 3 is 1.90 bits per heavy atom. The molecule has 0 fully saturated rings. The molecule has 2 aromatic rings. The Kier molecular flexibility index (Phi) is 4.33. The van der Waals surface area contributed by atoms with Crippen molar-refractivity contribution in [1.82, 2.24) is 0 Å². The smallest absolute Gasteiger partial charge is 0.165 e. The van der Waals surface area contributed by atoms with E-state index in [0.717, 1.165) is 36.0 Å². The van der Waals surface area contributed by atoms with Crippen LogP contribution < -0.4 is 0 Å². The molecule has 0 bridgehead atoms. The van der Waals surface area contributed by atoms with Crippen molar-refractivity contribution in [3.8, 4) is 22.6 Å². The van der Waals surface area contributed by atoms with Crippen LogP contribution in [-0.2, 0) is 19.3 Å². The lowest BCUT2D eigenvalue weighted by Gasteiger charge is -2.14. The molecule has 2 heteroatoms. The van der Waals surface area contributed by atoms with Gasteiger partial charge in [0.15, 0.2) is 11.5 Å². The van der Waals surface area contributed by atoms with Crippen molar-refractivity contribution in [1.29, 1.82) is 0 Å². The van der Waals surface area contributed by atoms with Crippen LogP contribution in [0.2, 0.25) is 0 Å². The lowest BCUT2D eigenvalue weighted by Crippen LogP contribution is -1.93. The van der Waals surface area contributed by atoms with Gasteiger partial charge in [-0.05, 0) is 47.6 Å². The summed E-state index contributed by atoms with van der Waals surface area (Å²) < 4.78 is 0. The van der Waals surface area contributed by atoms with E-state index < -0.39 is 0 Å². The molecule has 0 spiro atoms. The van der Waals surface area contributed by atoms with Gasteiger partial charge >= 0.3 is 0 Å². The Bertz CT molecular complexity index is 593. The van der Waals surface area contributed by atoms with E-state index in [4.69, 9.17) is 0 Å². The summed E-state index contributed by atoms with van der Waals surface area (Å²) in [6.45, 7) is 6.31. The molecule has 2 aromatic carbocycles. The summed E-state index contributed by atoms with van der Waals surface area (Å²) in [4.78, 5) is 0. The van der Waals surface area contributed by atoms with Crippen molar-refractivity contribution in [2.24, 2.45) is 0 Å². The molecule has 0 aromatic heterocycles. The number of aromatic hydroxyl groups is 2. The first-order valence-electron chi connectivity index (χ1n) is 7.27. The maximum absolute atomic E-state index is 10.2. The van der Waals surface area contributed by atoms with Crippen molar-refractivity contribution in [2.75, 3.05) is 0 Å². The zero-order valence-electron chi connectivity index (χ0n) is 12.4. The van der Waals surface area contributed by atoms with E-state index in [9.17, 15) is 10.2 Å². The minimum Gasteiger partial charge on any atom is -0.504 e. The third-order valence-corrected chi connectivity index (χ3v) is 3.78. The molecule has 106 valence electrons. The molecule has 2 nitrogen and oxygen atoms in total. The van der Waals surface area contributed by atoms with Crippen LogP contribution in [0.4, 0.5) is 0 Å². The highest BCUT2D eigenvalue weighted by Crippen LogP contribution is 2.40. The van der Waals surface area contributed by atoms with Gasteiger partial charge in [-0.1, -0.05) is 45.0 Å². The van der Waals surface area contributed by atoms with E-state index >= 15 is 0 Å². The number of hydrogen-bond acceptors (Lipinski definition) is 2. The summed E-state index contributed by atoms with van der Waals surface area (Å²) in [5.74, 6) is -0.0724. The fourth-order valence-corrected chi connectivity index (χ4v) is 2.55. The molecule has 0 radical (unpaired) electrons. The third kappa shape index (κ3) is 2.64. The molecule has 0 aliphatic rings. The normalized spacial score (nSPS) is 10.8. The second kappa shape index (κ2) is 6.00. The van der Waals surface area contributed by atoms with Crippen molar-refractivity contribution < 1.29 is 10.2 Å². The standard InChI is InChI=1S/C18H22O2/c1-4-12-9-13(5-2)11-15(10-12)17-14(6-3)7-8-16(19)18(17)20/h7-11,19-20H,4-6H2,1-3H3. The third-order valence-electron chi connectivity index (χ3n) is 3.78. The van der Waals surface area contributed by atoms with Gasteiger partial charge in [-0.3, -0.25) is 0 Å². The molecule has 2 N–H and O–H groups in total. The van der Waals surface area contributed by atoms with Gasteiger partial charge in [0.1, 0.15) is 0 Å². The molecular weight excluding hydrogens is 248 g/mol. The van der Waals surface area contributed by atoms with Crippen LogP contribution >= 0.6 is 0 Å². The predicted molar refractivity (Wildman–Crippen MR) is 83.3 cm³/mol. The first kappa shape index (κ1) is 14.4. The predicted octanol–water partition coefficient (Wildman–Crippen LogP) is 4.45. The summed E-state index contributed by atoms with van der Waals surface area (Å²) in [5.41, 5.74) is 5.31.